The van der Waals surface area contributed by atoms with E-state index in [2.05, 4.69) is 30.2 Å². The third-order valence-corrected chi connectivity index (χ3v) is 9.83. The number of sulfone groups is 1. The number of H-pyrrole nitrogens is 1. The molecule has 37 heavy (non-hydrogen) atoms. The van der Waals surface area contributed by atoms with Crippen molar-refractivity contribution in [3.63, 3.8) is 0 Å². The van der Waals surface area contributed by atoms with E-state index in [9.17, 15) is 18.0 Å². The predicted octanol–water partition coefficient (Wildman–Crippen LogP) is 1.83. The van der Waals surface area contributed by atoms with E-state index in [-0.39, 0.29) is 21.5 Å². The minimum atomic E-state index is -4.01. The molecule has 0 radical (unpaired) electrons. The van der Waals surface area contributed by atoms with Crippen LogP contribution in [0.2, 0.25) is 0 Å². The third kappa shape index (κ3) is 4.72. The molecule has 1 fully saturated rings. The Morgan fingerprint density at radius 3 is 2.68 bits per heavy atom. The standard InChI is InChI=1S/C24H28N7O4PS/c1-15-4-7-20(16(2)12-15)37(34,35)24-22-26-23(33)18-6-5-17(13-19(18)31(22)28-27-24)30-11-10-29(14-36-30)9-8-21(32)25-3/h4-7,12-13,28,36H,8-11,14H2,1-3H3,(H,25,32). The Morgan fingerprint density at radius 1 is 1.16 bits per heavy atom. The lowest BCUT2D eigenvalue weighted by Crippen LogP contribution is -2.39. The van der Waals surface area contributed by atoms with Gasteiger partial charge >= 0.3 is 0 Å². The number of carbonyl (C=O) groups is 1. The zero-order valence-electron chi connectivity index (χ0n) is 20.8. The van der Waals surface area contributed by atoms with E-state index in [1.165, 1.54) is 4.52 Å². The molecule has 4 aromatic rings. The monoisotopic (exact) mass is 541 g/mol. The van der Waals surface area contributed by atoms with Gasteiger partial charge in [0.1, 0.15) is 0 Å². The number of hydrogen-bond donors (Lipinski definition) is 2. The zero-order valence-corrected chi connectivity index (χ0v) is 22.6. The number of fused-ring (bicyclic) bond motifs is 3. The van der Waals surface area contributed by atoms with Crippen molar-refractivity contribution in [1.82, 2.24) is 30.0 Å². The number of hydrogen-bond acceptors (Lipinski definition) is 8. The lowest BCUT2D eigenvalue weighted by atomic mass is 10.2. The van der Waals surface area contributed by atoms with Crippen molar-refractivity contribution >= 4 is 46.7 Å². The number of carbonyl (C=O) groups excluding carboxylic acids is 1. The van der Waals surface area contributed by atoms with Crippen molar-refractivity contribution < 1.29 is 13.2 Å². The molecule has 1 aliphatic rings. The van der Waals surface area contributed by atoms with Gasteiger partial charge in [-0.1, -0.05) is 17.7 Å². The van der Waals surface area contributed by atoms with E-state index in [0.29, 0.717) is 38.2 Å². The summed E-state index contributed by atoms with van der Waals surface area (Å²) < 4.78 is 30.6. The normalized spacial score (nSPS) is 15.6. The van der Waals surface area contributed by atoms with Crippen LogP contribution in [-0.4, -0.2) is 72.0 Å². The van der Waals surface area contributed by atoms with E-state index in [4.69, 9.17) is 0 Å². The number of nitrogens with one attached hydrogen (secondary N) is 2. The Bertz CT molecular complexity index is 1670. The first-order valence-electron chi connectivity index (χ1n) is 11.9. The van der Waals surface area contributed by atoms with Gasteiger partial charge in [-0.3, -0.25) is 14.5 Å². The van der Waals surface area contributed by atoms with Crippen molar-refractivity contribution in [2.24, 2.45) is 0 Å². The van der Waals surface area contributed by atoms with Gasteiger partial charge in [-0.2, -0.15) is 4.98 Å². The van der Waals surface area contributed by atoms with Crippen LogP contribution < -0.4 is 15.5 Å². The number of aryl methyl sites for hydroxylation is 2. The second-order valence-electron chi connectivity index (χ2n) is 9.08. The Balaban J connectivity index is 1.49. The Hall–Kier alpha value is -3.34. The van der Waals surface area contributed by atoms with Gasteiger partial charge in [0.25, 0.3) is 5.56 Å². The topological polar surface area (TPSA) is 133 Å². The van der Waals surface area contributed by atoms with Gasteiger partial charge in [0.15, 0.2) is 5.65 Å². The largest absolute Gasteiger partial charge is 0.359 e. The van der Waals surface area contributed by atoms with E-state index >= 15 is 0 Å². The summed E-state index contributed by atoms with van der Waals surface area (Å²) in [7, 11) is -1.90. The van der Waals surface area contributed by atoms with E-state index in [1.54, 1.807) is 38.2 Å². The zero-order chi connectivity index (χ0) is 26.3. The van der Waals surface area contributed by atoms with Crippen LogP contribution in [-0.2, 0) is 14.6 Å². The fraction of sp³-hybridized carbons (Fsp3) is 0.333. The molecule has 1 saturated heterocycles. The first-order chi connectivity index (χ1) is 17.7. The summed E-state index contributed by atoms with van der Waals surface area (Å²) in [6.07, 6.45) is 1.31. The van der Waals surface area contributed by atoms with Gasteiger partial charge in [0.2, 0.25) is 20.8 Å². The SMILES string of the molecule is CNC(=O)CCN1CCN(c2ccc3c(=O)nc4c(S(=O)(=O)c5ccc(C)cc5C)n[nH]n4c3c2)PC1. The first kappa shape index (κ1) is 25.3. The molecule has 1 amide bonds. The van der Waals surface area contributed by atoms with Crippen molar-refractivity contribution in [2.75, 3.05) is 37.6 Å². The molecule has 0 saturated carbocycles. The highest BCUT2D eigenvalue weighted by atomic mass is 32.2. The second-order valence-corrected chi connectivity index (χ2v) is 12.1. The molecule has 2 aromatic heterocycles. The summed E-state index contributed by atoms with van der Waals surface area (Å²) in [5.74, 6) is 0.0295. The maximum Gasteiger partial charge on any atom is 0.281 e. The summed E-state index contributed by atoms with van der Waals surface area (Å²) >= 11 is 0. The van der Waals surface area contributed by atoms with Crippen LogP contribution in [0.15, 0.2) is 51.1 Å². The molecular formula is C24H28N7O4PS. The minimum Gasteiger partial charge on any atom is -0.359 e. The quantitative estimate of drug-likeness (QED) is 0.354. The van der Waals surface area contributed by atoms with Crippen LogP contribution in [0.3, 0.4) is 0 Å². The van der Waals surface area contributed by atoms with Gasteiger partial charge in [-0.05, 0) is 52.4 Å². The Morgan fingerprint density at radius 2 is 1.97 bits per heavy atom. The van der Waals surface area contributed by atoms with Gasteiger partial charge in [-0.15, -0.1) is 5.10 Å². The van der Waals surface area contributed by atoms with Crippen molar-refractivity contribution in [2.45, 2.75) is 30.2 Å². The van der Waals surface area contributed by atoms with Crippen molar-refractivity contribution in [3.05, 3.63) is 57.9 Å². The molecule has 2 N–H and O–H groups in total. The molecule has 3 heterocycles. The van der Waals surface area contributed by atoms with Crippen LogP contribution in [0.5, 0.6) is 0 Å². The molecule has 1 unspecified atom stereocenters. The molecule has 0 aliphatic carbocycles. The van der Waals surface area contributed by atoms with Crippen LogP contribution in [0.1, 0.15) is 17.5 Å². The molecule has 194 valence electrons. The fourth-order valence-electron chi connectivity index (χ4n) is 4.53. The maximum atomic E-state index is 13.5. The number of nitrogens with zero attached hydrogens (tertiary/aromatic N) is 5. The molecule has 1 atom stereocenters. The molecule has 5 rings (SSSR count). The number of aromatic nitrogens is 4. The number of rotatable bonds is 6. The Labute approximate surface area is 215 Å². The van der Waals surface area contributed by atoms with E-state index in [1.807, 2.05) is 19.1 Å². The summed E-state index contributed by atoms with van der Waals surface area (Å²) in [5, 5.41) is 9.58. The molecular weight excluding hydrogens is 513 g/mol. The van der Waals surface area contributed by atoms with Crippen LogP contribution in [0.25, 0.3) is 16.6 Å². The lowest BCUT2D eigenvalue weighted by molar-refractivity contribution is -0.120. The van der Waals surface area contributed by atoms with Crippen LogP contribution >= 0.6 is 8.73 Å². The molecule has 13 heteroatoms. The summed E-state index contributed by atoms with van der Waals surface area (Å²) in [5.41, 5.74) is 2.43. The van der Waals surface area contributed by atoms with Gasteiger partial charge in [0.05, 0.1) is 15.8 Å². The van der Waals surface area contributed by atoms with Gasteiger partial charge < -0.3 is 9.99 Å². The molecule has 0 bridgehead atoms. The average molecular weight is 542 g/mol. The summed E-state index contributed by atoms with van der Waals surface area (Å²) in [6.45, 7) is 5.93. The predicted molar refractivity (Wildman–Crippen MR) is 143 cm³/mol. The van der Waals surface area contributed by atoms with Crippen LogP contribution in [0.4, 0.5) is 5.69 Å². The van der Waals surface area contributed by atoms with Gasteiger partial charge in [0, 0.05) is 45.1 Å². The third-order valence-electron chi connectivity index (χ3n) is 6.56. The number of amides is 1. The van der Waals surface area contributed by atoms with E-state index < -0.39 is 15.4 Å². The highest BCUT2D eigenvalue weighted by Gasteiger charge is 2.28. The second kappa shape index (κ2) is 9.85. The summed E-state index contributed by atoms with van der Waals surface area (Å²) in [6, 6.07) is 10.5. The summed E-state index contributed by atoms with van der Waals surface area (Å²) in [4.78, 5) is 30.9. The minimum absolute atomic E-state index is 0.0295. The molecule has 2 aromatic carbocycles. The fourth-order valence-corrected chi connectivity index (χ4v) is 7.27. The van der Waals surface area contributed by atoms with Crippen molar-refractivity contribution in [3.8, 4) is 0 Å². The smallest absolute Gasteiger partial charge is 0.281 e. The van der Waals surface area contributed by atoms with E-state index in [0.717, 1.165) is 30.6 Å². The maximum absolute atomic E-state index is 13.5. The molecule has 0 spiro atoms. The molecule has 11 nitrogen and oxygen atoms in total. The first-order valence-corrected chi connectivity index (χ1v) is 14.5. The number of benzene rings is 2. The lowest BCUT2D eigenvalue weighted by Gasteiger charge is -2.35. The number of aromatic amines is 1. The highest BCUT2D eigenvalue weighted by molar-refractivity contribution is 7.91. The average Bonchev–Trinajstić information content (AvgIpc) is 3.32. The number of anilines is 1. The van der Waals surface area contributed by atoms with Gasteiger partial charge in [-0.25, -0.2) is 18.1 Å². The van der Waals surface area contributed by atoms with Crippen LogP contribution in [0, 0.1) is 13.8 Å². The Kier molecular flexibility index (Phi) is 6.74. The highest BCUT2D eigenvalue weighted by Crippen LogP contribution is 2.33. The molecule has 1 aliphatic heterocycles. The van der Waals surface area contributed by atoms with Crippen molar-refractivity contribution in [1.29, 1.82) is 0 Å².